The maximum atomic E-state index is 13.1. The van der Waals surface area contributed by atoms with Gasteiger partial charge in [0.25, 0.3) is 5.91 Å². The molecule has 0 fully saturated rings. The van der Waals surface area contributed by atoms with E-state index >= 15 is 0 Å². The molecular weight excluding hydrogens is 350 g/mol. The molecule has 3 aromatic rings. The minimum atomic E-state index is -0.0214. The Balaban J connectivity index is 1.60. The molecule has 1 amide bonds. The molecule has 1 aliphatic heterocycles. The van der Waals surface area contributed by atoms with Crippen LogP contribution in [0.3, 0.4) is 0 Å². The molecule has 0 radical (unpaired) electrons. The Labute approximate surface area is 165 Å². The highest BCUT2D eigenvalue weighted by atomic mass is 16.5. The zero-order chi connectivity index (χ0) is 19.5. The number of carbonyl (C=O) groups excluding carboxylic acids is 1. The largest absolute Gasteiger partial charge is 0.497 e. The summed E-state index contributed by atoms with van der Waals surface area (Å²) in [7, 11) is 1.62. The van der Waals surface area contributed by atoms with Crippen molar-refractivity contribution in [2.45, 2.75) is 13.5 Å². The Kier molecular flexibility index (Phi) is 4.98. The van der Waals surface area contributed by atoms with Crippen molar-refractivity contribution >= 4 is 17.4 Å². The highest BCUT2D eigenvalue weighted by molar-refractivity contribution is 6.08. The number of hydrogen-bond acceptors (Lipinski definition) is 4. The number of pyridine rings is 1. The van der Waals surface area contributed by atoms with Crippen LogP contribution in [0.15, 0.2) is 66.9 Å². The maximum absolute atomic E-state index is 13.1. The molecule has 5 heteroatoms. The van der Waals surface area contributed by atoms with Crippen LogP contribution in [-0.2, 0) is 6.54 Å². The van der Waals surface area contributed by atoms with Crippen LogP contribution in [-0.4, -0.2) is 31.1 Å². The molecule has 2 heterocycles. The fourth-order valence-corrected chi connectivity index (χ4v) is 3.46. The highest BCUT2D eigenvalue weighted by Gasteiger charge is 2.28. The second-order valence-electron chi connectivity index (χ2n) is 6.94. The monoisotopic (exact) mass is 373 g/mol. The van der Waals surface area contributed by atoms with E-state index < -0.39 is 0 Å². The van der Waals surface area contributed by atoms with Gasteiger partial charge in [0, 0.05) is 31.4 Å². The molecule has 28 heavy (non-hydrogen) atoms. The van der Waals surface area contributed by atoms with Crippen LogP contribution in [0.2, 0.25) is 0 Å². The van der Waals surface area contributed by atoms with Crippen molar-refractivity contribution in [3.8, 4) is 5.75 Å². The van der Waals surface area contributed by atoms with E-state index in [9.17, 15) is 4.79 Å². The Morgan fingerprint density at radius 1 is 1.04 bits per heavy atom. The first-order valence-electron chi connectivity index (χ1n) is 9.37. The molecule has 5 nitrogen and oxygen atoms in total. The minimum Gasteiger partial charge on any atom is -0.497 e. The lowest BCUT2D eigenvalue weighted by Crippen LogP contribution is -2.44. The van der Waals surface area contributed by atoms with Crippen LogP contribution in [0, 0.1) is 6.92 Å². The van der Waals surface area contributed by atoms with E-state index in [1.807, 2.05) is 29.2 Å². The van der Waals surface area contributed by atoms with Crippen molar-refractivity contribution in [2.75, 3.05) is 30.0 Å². The summed E-state index contributed by atoms with van der Waals surface area (Å²) in [5, 5.41) is 0. The SMILES string of the molecule is COc1ccc(C(=O)N2CCN(Cc3ccc(C)cc3)c3ncccc32)cc1. The summed E-state index contributed by atoms with van der Waals surface area (Å²) in [6.07, 6.45) is 1.78. The lowest BCUT2D eigenvalue weighted by molar-refractivity contribution is 0.0986. The number of ether oxygens (including phenoxy) is 1. The number of carbonyl (C=O) groups is 1. The molecule has 0 spiro atoms. The molecule has 0 N–H and O–H groups in total. The lowest BCUT2D eigenvalue weighted by Gasteiger charge is -2.36. The number of aryl methyl sites for hydroxylation is 1. The topological polar surface area (TPSA) is 45.7 Å². The molecule has 0 saturated heterocycles. The molecule has 0 aliphatic carbocycles. The van der Waals surface area contributed by atoms with Crippen LogP contribution in [0.1, 0.15) is 21.5 Å². The predicted octanol–water partition coefficient (Wildman–Crippen LogP) is 4.07. The van der Waals surface area contributed by atoms with Crippen molar-refractivity contribution in [3.63, 3.8) is 0 Å². The first-order valence-corrected chi connectivity index (χ1v) is 9.37. The third-order valence-electron chi connectivity index (χ3n) is 5.03. The van der Waals surface area contributed by atoms with Gasteiger partial charge in [0.1, 0.15) is 5.75 Å². The van der Waals surface area contributed by atoms with Crippen LogP contribution in [0.25, 0.3) is 0 Å². The van der Waals surface area contributed by atoms with E-state index in [4.69, 9.17) is 4.74 Å². The number of anilines is 2. The average molecular weight is 373 g/mol. The number of aromatic nitrogens is 1. The van der Waals surface area contributed by atoms with Gasteiger partial charge in [-0.1, -0.05) is 29.8 Å². The molecule has 142 valence electrons. The Morgan fingerprint density at radius 3 is 2.50 bits per heavy atom. The first kappa shape index (κ1) is 18.0. The number of fused-ring (bicyclic) bond motifs is 1. The van der Waals surface area contributed by atoms with E-state index in [0.717, 1.165) is 30.3 Å². The Morgan fingerprint density at radius 2 is 1.79 bits per heavy atom. The van der Waals surface area contributed by atoms with Crippen molar-refractivity contribution in [2.24, 2.45) is 0 Å². The lowest BCUT2D eigenvalue weighted by atomic mass is 10.1. The van der Waals surface area contributed by atoms with E-state index in [1.54, 1.807) is 25.4 Å². The molecule has 0 atom stereocenters. The standard InChI is InChI=1S/C23H23N3O2/c1-17-5-7-18(8-6-17)16-25-14-15-26(21-4-3-13-24-22(21)25)23(27)19-9-11-20(28-2)12-10-19/h3-13H,14-16H2,1-2H3. The van der Waals surface area contributed by atoms with Gasteiger partial charge in [-0.3, -0.25) is 4.79 Å². The number of hydrogen-bond donors (Lipinski definition) is 0. The van der Waals surface area contributed by atoms with Gasteiger partial charge in [0.2, 0.25) is 0 Å². The summed E-state index contributed by atoms with van der Waals surface area (Å²) in [6.45, 7) is 4.22. The average Bonchev–Trinajstić information content (AvgIpc) is 2.75. The second-order valence-corrected chi connectivity index (χ2v) is 6.94. The number of rotatable bonds is 4. The normalized spacial score (nSPS) is 13.2. The van der Waals surface area contributed by atoms with E-state index in [0.29, 0.717) is 12.1 Å². The minimum absolute atomic E-state index is 0.0214. The molecule has 0 bridgehead atoms. The zero-order valence-electron chi connectivity index (χ0n) is 16.1. The van der Waals surface area contributed by atoms with E-state index in [-0.39, 0.29) is 5.91 Å². The van der Waals surface area contributed by atoms with Crippen molar-refractivity contribution in [3.05, 3.63) is 83.6 Å². The highest BCUT2D eigenvalue weighted by Crippen LogP contribution is 2.32. The van der Waals surface area contributed by atoms with Gasteiger partial charge < -0.3 is 14.5 Å². The number of methoxy groups -OCH3 is 1. The smallest absolute Gasteiger partial charge is 0.258 e. The zero-order valence-corrected chi connectivity index (χ0v) is 16.1. The van der Waals surface area contributed by atoms with Gasteiger partial charge in [-0.25, -0.2) is 4.98 Å². The van der Waals surface area contributed by atoms with E-state index in [2.05, 4.69) is 41.1 Å². The van der Waals surface area contributed by atoms with Gasteiger partial charge in [0.05, 0.1) is 12.8 Å². The maximum Gasteiger partial charge on any atom is 0.258 e. The van der Waals surface area contributed by atoms with Crippen molar-refractivity contribution in [1.29, 1.82) is 0 Å². The van der Waals surface area contributed by atoms with Gasteiger partial charge in [-0.2, -0.15) is 0 Å². The van der Waals surface area contributed by atoms with Crippen LogP contribution in [0.4, 0.5) is 11.5 Å². The fourth-order valence-electron chi connectivity index (χ4n) is 3.46. The quantitative estimate of drug-likeness (QED) is 0.692. The van der Waals surface area contributed by atoms with Gasteiger partial charge in [0.15, 0.2) is 5.82 Å². The number of nitrogens with zero attached hydrogens (tertiary/aromatic N) is 3. The van der Waals surface area contributed by atoms with Crippen molar-refractivity contribution < 1.29 is 9.53 Å². The molecule has 2 aromatic carbocycles. The summed E-state index contributed by atoms with van der Waals surface area (Å²) in [6, 6.07) is 19.6. The molecular formula is C23H23N3O2. The Bertz CT molecular complexity index is 968. The van der Waals surface area contributed by atoms with Crippen LogP contribution < -0.4 is 14.5 Å². The summed E-state index contributed by atoms with van der Waals surface area (Å²) in [5.41, 5.74) is 3.97. The van der Waals surface area contributed by atoms with Gasteiger partial charge in [-0.15, -0.1) is 0 Å². The van der Waals surface area contributed by atoms with Gasteiger partial charge in [-0.05, 0) is 48.9 Å². The number of amides is 1. The third kappa shape index (κ3) is 3.56. The summed E-state index contributed by atoms with van der Waals surface area (Å²) in [5.74, 6) is 1.56. The van der Waals surface area contributed by atoms with Gasteiger partial charge >= 0.3 is 0 Å². The second kappa shape index (κ2) is 7.72. The van der Waals surface area contributed by atoms with Crippen molar-refractivity contribution in [1.82, 2.24) is 4.98 Å². The predicted molar refractivity (Wildman–Crippen MR) is 111 cm³/mol. The molecule has 0 saturated carbocycles. The third-order valence-corrected chi connectivity index (χ3v) is 5.03. The molecule has 1 aromatic heterocycles. The summed E-state index contributed by atoms with van der Waals surface area (Å²) >= 11 is 0. The summed E-state index contributed by atoms with van der Waals surface area (Å²) < 4.78 is 5.19. The molecule has 1 aliphatic rings. The number of benzene rings is 2. The van der Waals surface area contributed by atoms with E-state index in [1.165, 1.54) is 11.1 Å². The summed E-state index contributed by atoms with van der Waals surface area (Å²) in [4.78, 5) is 21.7. The molecule has 0 unspecified atom stereocenters. The fraction of sp³-hybridized carbons (Fsp3) is 0.217. The Hall–Kier alpha value is -3.34. The van der Waals surface area contributed by atoms with Crippen LogP contribution >= 0.6 is 0 Å². The molecule has 4 rings (SSSR count). The first-order chi connectivity index (χ1) is 13.7. The van der Waals surface area contributed by atoms with Crippen LogP contribution in [0.5, 0.6) is 5.75 Å².